The lowest BCUT2D eigenvalue weighted by molar-refractivity contribution is -0.136. The SMILES string of the molecule is Cc1cccc2nc(CNC(=O)NCCC(=O)O)cn12. The summed E-state index contributed by atoms with van der Waals surface area (Å²) in [6, 6.07) is 5.39. The van der Waals surface area contributed by atoms with Crippen molar-refractivity contribution in [2.75, 3.05) is 6.54 Å². The van der Waals surface area contributed by atoms with Gasteiger partial charge in [-0.2, -0.15) is 0 Å². The third-order valence-corrected chi connectivity index (χ3v) is 2.80. The highest BCUT2D eigenvalue weighted by Crippen LogP contribution is 2.07. The molecule has 2 aromatic heterocycles. The first-order valence-corrected chi connectivity index (χ1v) is 6.23. The number of carbonyl (C=O) groups is 2. The molecule has 0 radical (unpaired) electrons. The Bertz CT molecular complexity index is 636. The van der Waals surface area contributed by atoms with Crippen LogP contribution in [0.4, 0.5) is 4.79 Å². The van der Waals surface area contributed by atoms with Crippen molar-refractivity contribution < 1.29 is 14.7 Å². The minimum absolute atomic E-state index is 0.0963. The molecule has 0 aromatic carbocycles. The molecule has 0 unspecified atom stereocenters. The molecular formula is C13H16N4O3. The topological polar surface area (TPSA) is 95.7 Å². The van der Waals surface area contributed by atoms with E-state index in [0.29, 0.717) is 6.54 Å². The third-order valence-electron chi connectivity index (χ3n) is 2.80. The van der Waals surface area contributed by atoms with Gasteiger partial charge in [0.05, 0.1) is 18.7 Å². The molecule has 20 heavy (non-hydrogen) atoms. The number of carbonyl (C=O) groups excluding carboxylic acids is 1. The first kappa shape index (κ1) is 13.9. The van der Waals surface area contributed by atoms with E-state index in [1.54, 1.807) is 0 Å². The molecule has 7 nitrogen and oxygen atoms in total. The predicted molar refractivity (Wildman–Crippen MR) is 72.4 cm³/mol. The second-order valence-electron chi connectivity index (χ2n) is 4.38. The Kier molecular flexibility index (Phi) is 4.19. The van der Waals surface area contributed by atoms with Gasteiger partial charge in [0.25, 0.3) is 0 Å². The molecule has 0 atom stereocenters. The largest absolute Gasteiger partial charge is 0.481 e. The Morgan fingerprint density at radius 3 is 2.85 bits per heavy atom. The molecule has 0 aliphatic rings. The number of aliphatic carboxylic acids is 1. The minimum Gasteiger partial charge on any atom is -0.481 e. The molecule has 0 saturated carbocycles. The predicted octanol–water partition coefficient (Wildman–Crippen LogP) is 0.917. The van der Waals surface area contributed by atoms with Gasteiger partial charge in [-0.25, -0.2) is 9.78 Å². The molecule has 2 aromatic rings. The first-order valence-electron chi connectivity index (χ1n) is 6.23. The van der Waals surface area contributed by atoms with Gasteiger partial charge in [0.2, 0.25) is 0 Å². The molecule has 7 heteroatoms. The number of hydrogen-bond donors (Lipinski definition) is 3. The van der Waals surface area contributed by atoms with E-state index >= 15 is 0 Å². The molecule has 3 N–H and O–H groups in total. The number of pyridine rings is 1. The quantitative estimate of drug-likeness (QED) is 0.756. The highest BCUT2D eigenvalue weighted by Gasteiger charge is 2.05. The van der Waals surface area contributed by atoms with E-state index in [-0.39, 0.29) is 13.0 Å². The Labute approximate surface area is 115 Å². The minimum atomic E-state index is -0.943. The zero-order valence-corrected chi connectivity index (χ0v) is 11.1. The smallest absolute Gasteiger partial charge is 0.315 e. The number of nitrogens with one attached hydrogen (secondary N) is 2. The number of fused-ring (bicyclic) bond motifs is 1. The van der Waals surface area contributed by atoms with Gasteiger partial charge in [-0.05, 0) is 19.1 Å². The van der Waals surface area contributed by atoms with Crippen LogP contribution in [0.1, 0.15) is 17.8 Å². The van der Waals surface area contributed by atoms with E-state index in [4.69, 9.17) is 5.11 Å². The van der Waals surface area contributed by atoms with Crippen molar-refractivity contribution in [2.45, 2.75) is 19.9 Å². The number of rotatable bonds is 5. The van der Waals surface area contributed by atoms with Gasteiger partial charge >= 0.3 is 12.0 Å². The summed E-state index contributed by atoms with van der Waals surface area (Å²) >= 11 is 0. The lowest BCUT2D eigenvalue weighted by Crippen LogP contribution is -2.36. The normalized spacial score (nSPS) is 10.4. The number of aromatic nitrogens is 2. The summed E-state index contributed by atoms with van der Waals surface area (Å²) in [6.45, 7) is 2.37. The summed E-state index contributed by atoms with van der Waals surface area (Å²) in [5.41, 5.74) is 2.63. The number of carboxylic acid groups (broad SMARTS) is 1. The highest BCUT2D eigenvalue weighted by atomic mass is 16.4. The summed E-state index contributed by atoms with van der Waals surface area (Å²) in [7, 11) is 0. The van der Waals surface area contributed by atoms with E-state index in [0.717, 1.165) is 17.0 Å². The number of hydrogen-bond acceptors (Lipinski definition) is 3. The molecule has 2 rings (SSSR count). The average Bonchev–Trinajstić information content (AvgIpc) is 2.80. The van der Waals surface area contributed by atoms with Gasteiger partial charge in [0, 0.05) is 18.4 Å². The lowest BCUT2D eigenvalue weighted by atomic mass is 10.4. The number of amides is 2. The van der Waals surface area contributed by atoms with Gasteiger partial charge in [-0.1, -0.05) is 6.07 Å². The van der Waals surface area contributed by atoms with Crippen LogP contribution < -0.4 is 10.6 Å². The zero-order chi connectivity index (χ0) is 14.5. The van der Waals surface area contributed by atoms with Crippen LogP contribution in [0.3, 0.4) is 0 Å². The molecular weight excluding hydrogens is 260 g/mol. The first-order chi connectivity index (χ1) is 9.56. The number of urea groups is 1. The standard InChI is InChI=1S/C13H16N4O3/c1-9-3-2-4-11-16-10(8-17(9)11)7-15-13(20)14-6-5-12(18)19/h2-4,8H,5-7H2,1H3,(H,18,19)(H2,14,15,20). The Morgan fingerprint density at radius 1 is 1.35 bits per heavy atom. The highest BCUT2D eigenvalue weighted by molar-refractivity contribution is 5.74. The third kappa shape index (κ3) is 3.47. The van der Waals surface area contributed by atoms with Crippen molar-refractivity contribution >= 4 is 17.6 Å². The molecule has 2 amide bonds. The van der Waals surface area contributed by atoms with E-state index in [1.807, 2.05) is 35.7 Å². The lowest BCUT2D eigenvalue weighted by Gasteiger charge is -2.04. The molecule has 0 saturated heterocycles. The van der Waals surface area contributed by atoms with Crippen LogP contribution in [0.25, 0.3) is 5.65 Å². The summed E-state index contributed by atoms with van der Waals surface area (Å²) in [5.74, 6) is -0.943. The van der Waals surface area contributed by atoms with Crippen LogP contribution >= 0.6 is 0 Å². The second-order valence-corrected chi connectivity index (χ2v) is 4.38. The number of aryl methyl sites for hydroxylation is 1. The monoisotopic (exact) mass is 276 g/mol. The summed E-state index contributed by atoms with van der Waals surface area (Å²) < 4.78 is 1.94. The van der Waals surface area contributed by atoms with Crippen molar-refractivity contribution in [1.82, 2.24) is 20.0 Å². The summed E-state index contributed by atoms with van der Waals surface area (Å²) in [4.78, 5) is 26.1. The van der Waals surface area contributed by atoms with Crippen LogP contribution in [0.15, 0.2) is 24.4 Å². The van der Waals surface area contributed by atoms with Crippen molar-refractivity contribution in [3.8, 4) is 0 Å². The molecule has 0 bridgehead atoms. The molecule has 0 spiro atoms. The van der Waals surface area contributed by atoms with Gasteiger partial charge in [-0.3, -0.25) is 4.79 Å². The van der Waals surface area contributed by atoms with E-state index in [2.05, 4.69) is 15.6 Å². The molecule has 0 fully saturated rings. The van der Waals surface area contributed by atoms with Crippen LogP contribution in [0, 0.1) is 6.92 Å². The molecule has 0 aliphatic carbocycles. The maximum Gasteiger partial charge on any atom is 0.315 e. The van der Waals surface area contributed by atoms with Gasteiger partial charge in [0.1, 0.15) is 5.65 Å². The number of carboxylic acids is 1. The van der Waals surface area contributed by atoms with E-state index < -0.39 is 12.0 Å². The van der Waals surface area contributed by atoms with Crippen LogP contribution in [-0.2, 0) is 11.3 Å². The summed E-state index contributed by atoms with van der Waals surface area (Å²) in [5, 5.41) is 13.6. The van der Waals surface area contributed by atoms with Crippen LogP contribution in [-0.4, -0.2) is 33.0 Å². The maximum atomic E-state index is 11.4. The zero-order valence-electron chi connectivity index (χ0n) is 11.1. The number of imidazole rings is 1. The fraction of sp³-hybridized carbons (Fsp3) is 0.308. The Balaban J connectivity index is 1.88. The van der Waals surface area contributed by atoms with Crippen molar-refractivity contribution in [3.05, 3.63) is 35.8 Å². The number of nitrogens with zero attached hydrogens (tertiary/aromatic N) is 2. The van der Waals surface area contributed by atoms with Crippen molar-refractivity contribution in [2.24, 2.45) is 0 Å². The van der Waals surface area contributed by atoms with Crippen LogP contribution in [0.2, 0.25) is 0 Å². The maximum absolute atomic E-state index is 11.4. The van der Waals surface area contributed by atoms with Gasteiger partial charge < -0.3 is 20.1 Å². The molecule has 106 valence electrons. The Morgan fingerprint density at radius 2 is 2.15 bits per heavy atom. The second kappa shape index (κ2) is 6.05. The van der Waals surface area contributed by atoms with Crippen molar-refractivity contribution in [3.63, 3.8) is 0 Å². The average molecular weight is 276 g/mol. The molecule has 0 aliphatic heterocycles. The van der Waals surface area contributed by atoms with Gasteiger partial charge in [-0.15, -0.1) is 0 Å². The van der Waals surface area contributed by atoms with Gasteiger partial charge in [0.15, 0.2) is 0 Å². The van der Waals surface area contributed by atoms with Crippen LogP contribution in [0.5, 0.6) is 0 Å². The van der Waals surface area contributed by atoms with E-state index in [1.165, 1.54) is 0 Å². The van der Waals surface area contributed by atoms with E-state index in [9.17, 15) is 9.59 Å². The fourth-order valence-corrected chi connectivity index (χ4v) is 1.80. The Hall–Kier alpha value is -2.57. The fourth-order valence-electron chi connectivity index (χ4n) is 1.80. The summed E-state index contributed by atoms with van der Waals surface area (Å²) in [6.07, 6.45) is 1.77. The van der Waals surface area contributed by atoms with Crippen molar-refractivity contribution in [1.29, 1.82) is 0 Å². The molecule has 2 heterocycles.